The van der Waals surface area contributed by atoms with E-state index in [1.54, 1.807) is 12.1 Å². The first-order valence-corrected chi connectivity index (χ1v) is 8.75. The van der Waals surface area contributed by atoms with Gasteiger partial charge < -0.3 is 10.7 Å². The summed E-state index contributed by atoms with van der Waals surface area (Å²) in [5.41, 5.74) is 1.24. The van der Waals surface area contributed by atoms with Crippen molar-refractivity contribution in [2.75, 3.05) is 0 Å². The van der Waals surface area contributed by atoms with E-state index in [1.807, 2.05) is 26.0 Å². The van der Waals surface area contributed by atoms with Gasteiger partial charge in [0.05, 0.1) is 16.6 Å². The van der Waals surface area contributed by atoms with Crippen LogP contribution in [0.5, 0.6) is 0 Å². The van der Waals surface area contributed by atoms with E-state index in [2.05, 4.69) is 31.3 Å². The van der Waals surface area contributed by atoms with Crippen LogP contribution >= 0.6 is 15.9 Å². The van der Waals surface area contributed by atoms with Gasteiger partial charge in [-0.15, -0.1) is 0 Å². The zero-order valence-corrected chi connectivity index (χ0v) is 15.8. The molecule has 0 radical (unpaired) electrons. The Morgan fingerprint density at radius 1 is 1.38 bits per heavy atom. The smallest absolute Gasteiger partial charge is 0.308 e. The van der Waals surface area contributed by atoms with E-state index in [0.29, 0.717) is 28.0 Å². The second-order valence-corrected chi connectivity index (χ2v) is 6.94. The molecule has 0 atom stereocenters. The van der Waals surface area contributed by atoms with Crippen LogP contribution in [0.15, 0.2) is 39.7 Å². The maximum Gasteiger partial charge on any atom is 0.419 e. The molecule has 134 valence electrons. The quantitative estimate of drug-likeness (QED) is 0.484. The van der Waals surface area contributed by atoms with Crippen LogP contribution in [0.2, 0.25) is 0 Å². The van der Waals surface area contributed by atoms with Gasteiger partial charge in [0.15, 0.2) is 0 Å². The summed E-state index contributed by atoms with van der Waals surface area (Å²) in [5.74, 6) is 0.329. The number of quaternary nitrogens is 1. The number of hydrogen-bond acceptors (Lipinski definition) is 4. The average molecular weight is 418 g/mol. The molecule has 0 spiro atoms. The number of nitrogens with two attached hydrogens (primary N) is 1. The zero-order chi connectivity index (χ0) is 18.8. The van der Waals surface area contributed by atoms with Crippen molar-refractivity contribution >= 4 is 44.9 Å². The fourth-order valence-corrected chi connectivity index (χ4v) is 2.85. The topological polar surface area (TPSA) is 120 Å². The van der Waals surface area contributed by atoms with Crippen LogP contribution < -0.4 is 16.2 Å². The molecule has 2 aromatic heterocycles. The lowest BCUT2D eigenvalue weighted by Gasteiger charge is -2.06. The SMILES string of the molecule is CC(C)NC(=O)[NH2+]c1ncc2c(=O)n(-c3ccc(Br)cc3)[nH]c2c1C=N. The second kappa shape index (κ2) is 7.22. The lowest BCUT2D eigenvalue weighted by atomic mass is 10.2. The average Bonchev–Trinajstić information content (AvgIpc) is 2.91. The van der Waals surface area contributed by atoms with Crippen molar-refractivity contribution in [1.29, 1.82) is 5.41 Å². The Bertz CT molecular complexity index is 1040. The van der Waals surface area contributed by atoms with E-state index in [-0.39, 0.29) is 17.6 Å². The first-order chi connectivity index (χ1) is 12.4. The Kier molecular flexibility index (Phi) is 5.01. The molecule has 3 rings (SSSR count). The molecule has 0 saturated carbocycles. The number of nitrogens with zero attached hydrogens (tertiary/aromatic N) is 2. The number of urea groups is 1. The zero-order valence-electron chi connectivity index (χ0n) is 14.2. The lowest BCUT2D eigenvalue weighted by Crippen LogP contribution is -2.86. The van der Waals surface area contributed by atoms with E-state index in [1.165, 1.54) is 16.2 Å². The van der Waals surface area contributed by atoms with Crippen molar-refractivity contribution < 1.29 is 10.1 Å². The standard InChI is InChI=1S/C17H17BrN6O2/c1-9(2)21-17(26)22-15-12(7-19)14-13(8-20-15)16(25)24(23-14)11-5-3-10(18)4-6-11/h3-9,19,23H,1-2H3,(H2,20,21,22,26)/p+1. The number of pyridine rings is 1. The van der Waals surface area contributed by atoms with Gasteiger partial charge in [-0.25, -0.2) is 19.8 Å². The predicted molar refractivity (Wildman–Crippen MR) is 103 cm³/mol. The molecular weight excluding hydrogens is 400 g/mol. The number of carbonyl (C=O) groups excluding carboxylic acids is 1. The molecule has 0 bridgehead atoms. The lowest BCUT2D eigenvalue weighted by molar-refractivity contribution is -0.469. The van der Waals surface area contributed by atoms with E-state index >= 15 is 0 Å². The molecule has 0 aliphatic rings. The first-order valence-electron chi connectivity index (χ1n) is 7.96. The van der Waals surface area contributed by atoms with Crippen LogP contribution in [0.1, 0.15) is 19.4 Å². The fraction of sp³-hybridized carbons (Fsp3) is 0.176. The summed E-state index contributed by atoms with van der Waals surface area (Å²) >= 11 is 3.36. The summed E-state index contributed by atoms with van der Waals surface area (Å²) in [7, 11) is 0. The van der Waals surface area contributed by atoms with Gasteiger partial charge in [0.25, 0.3) is 5.56 Å². The third-order valence-corrected chi connectivity index (χ3v) is 4.26. The molecule has 0 aliphatic carbocycles. The van der Waals surface area contributed by atoms with Gasteiger partial charge in [-0.05, 0) is 38.1 Å². The third-order valence-electron chi connectivity index (χ3n) is 3.73. The molecule has 0 fully saturated rings. The number of benzene rings is 1. The third kappa shape index (κ3) is 3.44. The highest BCUT2D eigenvalue weighted by molar-refractivity contribution is 9.10. The molecule has 0 unspecified atom stereocenters. The minimum absolute atomic E-state index is 0.00999. The number of H-pyrrole nitrogens is 1. The van der Waals surface area contributed by atoms with E-state index < -0.39 is 0 Å². The number of nitrogens with one attached hydrogen (secondary N) is 3. The van der Waals surface area contributed by atoms with Crippen molar-refractivity contribution in [2.24, 2.45) is 0 Å². The van der Waals surface area contributed by atoms with Crippen molar-refractivity contribution in [3.8, 4) is 5.69 Å². The highest BCUT2D eigenvalue weighted by Gasteiger charge is 2.20. The Labute approximate surface area is 157 Å². The number of aromatic amines is 1. The second-order valence-electron chi connectivity index (χ2n) is 6.03. The molecule has 2 heterocycles. The minimum atomic E-state index is -0.301. The normalized spacial score (nSPS) is 11.1. The molecule has 26 heavy (non-hydrogen) atoms. The largest absolute Gasteiger partial charge is 0.419 e. The number of fused-ring (bicyclic) bond motifs is 1. The summed E-state index contributed by atoms with van der Waals surface area (Å²) in [5, 5.41) is 15.2. The fourth-order valence-electron chi connectivity index (χ4n) is 2.59. The minimum Gasteiger partial charge on any atom is -0.308 e. The van der Waals surface area contributed by atoms with Gasteiger partial charge in [0.1, 0.15) is 5.56 Å². The van der Waals surface area contributed by atoms with Crippen LogP contribution in [0, 0.1) is 5.41 Å². The van der Waals surface area contributed by atoms with Crippen molar-refractivity contribution in [2.45, 2.75) is 19.9 Å². The van der Waals surface area contributed by atoms with Crippen molar-refractivity contribution in [3.63, 3.8) is 0 Å². The Hall–Kier alpha value is -2.78. The predicted octanol–water partition coefficient (Wildman–Crippen LogP) is 1.79. The molecule has 2 amide bonds. The maximum atomic E-state index is 12.7. The van der Waals surface area contributed by atoms with E-state index in [9.17, 15) is 9.59 Å². The Morgan fingerprint density at radius 2 is 2.08 bits per heavy atom. The number of halogens is 1. The van der Waals surface area contributed by atoms with Crippen LogP contribution in [0.25, 0.3) is 16.6 Å². The van der Waals surface area contributed by atoms with Crippen LogP contribution in [-0.2, 0) is 0 Å². The van der Waals surface area contributed by atoms with Crippen molar-refractivity contribution in [1.82, 2.24) is 20.1 Å². The Morgan fingerprint density at radius 3 is 2.69 bits per heavy atom. The summed E-state index contributed by atoms with van der Waals surface area (Å²) in [6, 6.07) is 6.94. The highest BCUT2D eigenvalue weighted by Crippen LogP contribution is 2.18. The molecule has 3 aromatic rings. The number of primary amides is 1. The number of aromatic nitrogens is 3. The van der Waals surface area contributed by atoms with Crippen LogP contribution in [0.3, 0.4) is 0 Å². The maximum absolute atomic E-state index is 12.7. The number of amides is 2. The summed E-state index contributed by atoms with van der Waals surface area (Å²) in [6.45, 7) is 3.71. The molecule has 8 nitrogen and oxygen atoms in total. The van der Waals surface area contributed by atoms with Crippen molar-refractivity contribution in [3.05, 3.63) is 50.9 Å². The summed E-state index contributed by atoms with van der Waals surface area (Å²) in [6.07, 6.45) is 2.51. The van der Waals surface area contributed by atoms with Gasteiger partial charge >= 0.3 is 6.03 Å². The number of hydrogen-bond donors (Lipinski definition) is 4. The van der Waals surface area contributed by atoms with Crippen LogP contribution in [-0.4, -0.2) is 33.1 Å². The monoisotopic (exact) mass is 417 g/mol. The van der Waals surface area contributed by atoms with Crippen LogP contribution in [0.4, 0.5) is 10.6 Å². The van der Waals surface area contributed by atoms with E-state index in [0.717, 1.165) is 10.7 Å². The van der Waals surface area contributed by atoms with Gasteiger partial charge in [-0.2, -0.15) is 0 Å². The first kappa shape index (κ1) is 18.0. The Balaban J connectivity index is 2.09. The molecule has 9 heteroatoms. The van der Waals surface area contributed by atoms with E-state index in [4.69, 9.17) is 5.41 Å². The van der Waals surface area contributed by atoms with Gasteiger partial charge in [-0.1, -0.05) is 15.9 Å². The van der Waals surface area contributed by atoms with Gasteiger partial charge in [-0.3, -0.25) is 9.89 Å². The summed E-state index contributed by atoms with van der Waals surface area (Å²) < 4.78 is 2.30. The molecular formula is C17H18BrN6O2+. The van der Waals surface area contributed by atoms with Gasteiger partial charge in [0.2, 0.25) is 5.82 Å². The van der Waals surface area contributed by atoms with Gasteiger partial charge in [0, 0.05) is 22.9 Å². The number of rotatable bonds is 4. The number of carbonyl (C=O) groups is 1. The summed E-state index contributed by atoms with van der Waals surface area (Å²) in [4.78, 5) is 28.9. The molecule has 1 aromatic carbocycles. The molecule has 0 saturated heterocycles. The molecule has 5 N–H and O–H groups in total. The molecule has 0 aliphatic heterocycles. The highest BCUT2D eigenvalue weighted by atomic mass is 79.9.